The van der Waals surface area contributed by atoms with Gasteiger partial charge in [-0.2, -0.15) is 0 Å². The molecule has 4 heteroatoms. The van der Waals surface area contributed by atoms with Gasteiger partial charge in [-0.1, -0.05) is 28.1 Å². The van der Waals surface area contributed by atoms with Crippen LogP contribution in [0.2, 0.25) is 0 Å². The van der Waals surface area contributed by atoms with Crippen LogP contribution >= 0.6 is 15.9 Å². The second kappa shape index (κ2) is 5.89. The van der Waals surface area contributed by atoms with E-state index in [9.17, 15) is 4.79 Å². The third-order valence-electron chi connectivity index (χ3n) is 2.69. The van der Waals surface area contributed by atoms with Crippen molar-refractivity contribution in [2.24, 2.45) is 0 Å². The first-order valence-electron chi connectivity index (χ1n) is 5.81. The number of hydrogen-bond donors (Lipinski definition) is 1. The van der Waals surface area contributed by atoms with E-state index in [1.54, 1.807) is 19.2 Å². The van der Waals surface area contributed by atoms with Crippen LogP contribution in [0.3, 0.4) is 0 Å². The van der Waals surface area contributed by atoms with E-state index in [2.05, 4.69) is 21.2 Å². The maximum Gasteiger partial charge on any atom is 0.255 e. The van der Waals surface area contributed by atoms with Crippen LogP contribution in [0.25, 0.3) is 0 Å². The summed E-state index contributed by atoms with van der Waals surface area (Å²) in [7, 11) is 1.59. The van der Waals surface area contributed by atoms with Gasteiger partial charge in [0.25, 0.3) is 5.91 Å². The number of halogens is 1. The summed E-state index contributed by atoms with van der Waals surface area (Å²) in [5, 5.41) is 2.85. The fourth-order valence-electron chi connectivity index (χ4n) is 1.73. The van der Waals surface area contributed by atoms with Crippen molar-refractivity contribution in [2.75, 3.05) is 12.4 Å². The van der Waals surface area contributed by atoms with E-state index in [1.165, 1.54) is 0 Å². The van der Waals surface area contributed by atoms with Crippen LogP contribution in [0.5, 0.6) is 5.75 Å². The molecular weight excluding hydrogens is 306 g/mol. The Hall–Kier alpha value is -1.81. The summed E-state index contributed by atoms with van der Waals surface area (Å²) in [4.78, 5) is 12.1. The number of nitrogens with one attached hydrogen (secondary N) is 1. The predicted octanol–water partition coefficient (Wildman–Crippen LogP) is 4.02. The molecule has 2 aromatic carbocycles. The van der Waals surface area contributed by atoms with Crippen LogP contribution < -0.4 is 10.1 Å². The van der Waals surface area contributed by atoms with Gasteiger partial charge in [0.15, 0.2) is 0 Å². The van der Waals surface area contributed by atoms with Gasteiger partial charge in [0, 0.05) is 10.0 Å². The molecule has 0 bridgehead atoms. The smallest absolute Gasteiger partial charge is 0.255 e. The van der Waals surface area contributed by atoms with E-state index < -0.39 is 0 Å². The van der Waals surface area contributed by atoms with Crippen LogP contribution in [-0.4, -0.2) is 13.0 Å². The molecule has 0 fully saturated rings. The van der Waals surface area contributed by atoms with Crippen molar-refractivity contribution in [1.29, 1.82) is 0 Å². The summed E-state index contributed by atoms with van der Waals surface area (Å²) in [5.41, 5.74) is 2.34. The third kappa shape index (κ3) is 3.35. The minimum atomic E-state index is -0.163. The third-order valence-corrected chi connectivity index (χ3v) is 3.19. The van der Waals surface area contributed by atoms with Crippen molar-refractivity contribution in [1.82, 2.24) is 0 Å². The van der Waals surface area contributed by atoms with E-state index in [0.717, 1.165) is 10.0 Å². The summed E-state index contributed by atoms with van der Waals surface area (Å²) in [6, 6.07) is 12.9. The first-order valence-corrected chi connectivity index (χ1v) is 6.61. The van der Waals surface area contributed by atoms with Crippen molar-refractivity contribution in [2.45, 2.75) is 6.92 Å². The van der Waals surface area contributed by atoms with Crippen LogP contribution in [0.1, 0.15) is 15.9 Å². The van der Waals surface area contributed by atoms with Gasteiger partial charge < -0.3 is 10.1 Å². The Balaban J connectivity index is 2.24. The Morgan fingerprint density at radius 2 is 2.00 bits per heavy atom. The van der Waals surface area contributed by atoms with Crippen molar-refractivity contribution < 1.29 is 9.53 Å². The highest BCUT2D eigenvalue weighted by Gasteiger charge is 2.09. The Kier molecular flexibility index (Phi) is 4.22. The van der Waals surface area contributed by atoms with Crippen LogP contribution in [-0.2, 0) is 0 Å². The average molecular weight is 320 g/mol. The fourth-order valence-corrected chi connectivity index (χ4v) is 2.13. The molecule has 1 amide bonds. The standard InChI is InChI=1S/C15H14BrNO2/c1-10-6-7-13(14(8-10)19-2)17-15(18)11-4-3-5-12(16)9-11/h3-9H,1-2H3,(H,17,18). The van der Waals surface area contributed by atoms with Gasteiger partial charge in [0.1, 0.15) is 5.75 Å². The molecule has 2 aromatic rings. The second-order valence-corrected chi connectivity index (χ2v) is 5.08. The fraction of sp³-hybridized carbons (Fsp3) is 0.133. The highest BCUT2D eigenvalue weighted by atomic mass is 79.9. The van der Waals surface area contributed by atoms with E-state index in [1.807, 2.05) is 37.3 Å². The SMILES string of the molecule is COc1cc(C)ccc1NC(=O)c1cccc(Br)c1. The number of benzene rings is 2. The van der Waals surface area contributed by atoms with Gasteiger partial charge >= 0.3 is 0 Å². The first kappa shape index (κ1) is 13.6. The average Bonchev–Trinajstić information content (AvgIpc) is 2.40. The number of hydrogen-bond acceptors (Lipinski definition) is 2. The van der Waals surface area contributed by atoms with E-state index in [4.69, 9.17) is 4.74 Å². The maximum absolute atomic E-state index is 12.1. The lowest BCUT2D eigenvalue weighted by molar-refractivity contribution is 0.102. The number of ether oxygens (including phenoxy) is 1. The summed E-state index contributed by atoms with van der Waals surface area (Å²) < 4.78 is 6.13. The molecule has 0 radical (unpaired) electrons. The van der Waals surface area contributed by atoms with Gasteiger partial charge in [0.05, 0.1) is 12.8 Å². The van der Waals surface area contributed by atoms with Crippen LogP contribution in [0.4, 0.5) is 5.69 Å². The first-order chi connectivity index (χ1) is 9.10. The molecule has 0 aliphatic heterocycles. The van der Waals surface area contributed by atoms with Gasteiger partial charge in [-0.05, 0) is 42.8 Å². The molecule has 0 saturated heterocycles. The monoisotopic (exact) mass is 319 g/mol. The number of methoxy groups -OCH3 is 1. The molecule has 0 heterocycles. The predicted molar refractivity (Wildman–Crippen MR) is 79.8 cm³/mol. The van der Waals surface area contributed by atoms with Crippen molar-refractivity contribution in [3.05, 3.63) is 58.1 Å². The molecule has 0 atom stereocenters. The normalized spacial score (nSPS) is 10.1. The Labute approximate surface area is 120 Å². The summed E-state index contributed by atoms with van der Waals surface area (Å²) in [6.45, 7) is 1.97. The van der Waals surface area contributed by atoms with E-state index in [-0.39, 0.29) is 5.91 Å². The van der Waals surface area contributed by atoms with Gasteiger partial charge in [-0.3, -0.25) is 4.79 Å². The molecule has 1 N–H and O–H groups in total. The van der Waals surface area contributed by atoms with Crippen molar-refractivity contribution >= 4 is 27.5 Å². The molecule has 98 valence electrons. The molecule has 3 nitrogen and oxygen atoms in total. The number of carbonyl (C=O) groups is 1. The topological polar surface area (TPSA) is 38.3 Å². The van der Waals surface area contributed by atoms with Gasteiger partial charge in [-0.15, -0.1) is 0 Å². The highest BCUT2D eigenvalue weighted by molar-refractivity contribution is 9.10. The number of amides is 1. The Bertz CT molecular complexity index is 611. The molecule has 0 saturated carbocycles. The minimum Gasteiger partial charge on any atom is -0.495 e. The van der Waals surface area contributed by atoms with Crippen LogP contribution in [0, 0.1) is 6.92 Å². The Morgan fingerprint density at radius 1 is 1.21 bits per heavy atom. The largest absolute Gasteiger partial charge is 0.495 e. The highest BCUT2D eigenvalue weighted by Crippen LogP contribution is 2.26. The number of anilines is 1. The summed E-state index contributed by atoms with van der Waals surface area (Å²) in [6.07, 6.45) is 0. The van der Waals surface area contributed by atoms with E-state index >= 15 is 0 Å². The van der Waals surface area contributed by atoms with Crippen molar-refractivity contribution in [3.8, 4) is 5.75 Å². The molecular formula is C15H14BrNO2. The molecule has 0 aliphatic rings. The maximum atomic E-state index is 12.1. The lowest BCUT2D eigenvalue weighted by Gasteiger charge is -2.11. The summed E-state index contributed by atoms with van der Waals surface area (Å²) >= 11 is 3.35. The Morgan fingerprint density at radius 3 is 2.68 bits per heavy atom. The number of carbonyl (C=O) groups excluding carboxylic acids is 1. The second-order valence-electron chi connectivity index (χ2n) is 4.17. The molecule has 0 spiro atoms. The summed E-state index contributed by atoms with van der Waals surface area (Å²) in [5.74, 6) is 0.492. The lowest BCUT2D eigenvalue weighted by atomic mass is 10.2. The molecule has 19 heavy (non-hydrogen) atoms. The number of rotatable bonds is 3. The zero-order valence-electron chi connectivity index (χ0n) is 10.7. The van der Waals surface area contributed by atoms with Crippen molar-refractivity contribution in [3.63, 3.8) is 0 Å². The number of aryl methyl sites for hydroxylation is 1. The van der Waals surface area contributed by atoms with Gasteiger partial charge in [0.2, 0.25) is 0 Å². The molecule has 2 rings (SSSR count). The van der Waals surface area contributed by atoms with Crippen LogP contribution in [0.15, 0.2) is 46.9 Å². The zero-order valence-corrected chi connectivity index (χ0v) is 12.3. The molecule has 0 aliphatic carbocycles. The quantitative estimate of drug-likeness (QED) is 0.928. The molecule has 0 aromatic heterocycles. The molecule has 0 unspecified atom stereocenters. The minimum absolute atomic E-state index is 0.163. The van der Waals surface area contributed by atoms with E-state index in [0.29, 0.717) is 17.0 Å². The van der Waals surface area contributed by atoms with Gasteiger partial charge in [-0.25, -0.2) is 0 Å². The zero-order chi connectivity index (χ0) is 13.8. The lowest BCUT2D eigenvalue weighted by Crippen LogP contribution is -2.12.